The SMILES string of the molecule is Cc1ccc(F)cc1C(CN)N1CCc2ccccc21. The molecule has 1 atom stereocenters. The molecular formula is C17H19FN2. The Bertz CT molecular complexity index is 624. The molecule has 2 N–H and O–H groups in total. The Morgan fingerprint density at radius 1 is 1.25 bits per heavy atom. The second-order valence-electron chi connectivity index (χ2n) is 5.32. The average Bonchev–Trinajstić information content (AvgIpc) is 2.88. The van der Waals surface area contributed by atoms with Gasteiger partial charge in [-0.15, -0.1) is 0 Å². The van der Waals surface area contributed by atoms with E-state index in [2.05, 4.69) is 23.1 Å². The normalized spacial score (nSPS) is 15.2. The third-order valence-corrected chi connectivity index (χ3v) is 4.12. The number of nitrogens with two attached hydrogens (primary N) is 1. The minimum absolute atomic E-state index is 0.0364. The lowest BCUT2D eigenvalue weighted by Crippen LogP contribution is -2.33. The molecule has 1 unspecified atom stereocenters. The number of nitrogens with zero attached hydrogens (tertiary/aromatic N) is 1. The van der Waals surface area contributed by atoms with E-state index < -0.39 is 0 Å². The molecule has 1 aliphatic rings. The number of fused-ring (bicyclic) bond motifs is 1. The first-order chi connectivity index (χ1) is 9.70. The van der Waals surface area contributed by atoms with Crippen LogP contribution < -0.4 is 10.6 Å². The van der Waals surface area contributed by atoms with Crippen molar-refractivity contribution in [2.75, 3.05) is 18.0 Å². The van der Waals surface area contributed by atoms with Crippen molar-refractivity contribution < 1.29 is 4.39 Å². The minimum atomic E-state index is -0.198. The van der Waals surface area contributed by atoms with Crippen molar-refractivity contribution in [3.05, 3.63) is 65.0 Å². The molecule has 0 radical (unpaired) electrons. The number of aryl methyl sites for hydroxylation is 1. The molecule has 3 rings (SSSR count). The van der Waals surface area contributed by atoms with Gasteiger partial charge in [-0.05, 0) is 48.2 Å². The molecule has 2 aromatic carbocycles. The average molecular weight is 270 g/mol. The van der Waals surface area contributed by atoms with Crippen LogP contribution in [0, 0.1) is 12.7 Å². The van der Waals surface area contributed by atoms with Crippen LogP contribution in [0.25, 0.3) is 0 Å². The van der Waals surface area contributed by atoms with Crippen LogP contribution in [0.15, 0.2) is 42.5 Å². The van der Waals surface area contributed by atoms with Gasteiger partial charge in [-0.25, -0.2) is 4.39 Å². The highest BCUT2D eigenvalue weighted by Gasteiger charge is 2.27. The molecule has 0 amide bonds. The Labute approximate surface area is 119 Å². The van der Waals surface area contributed by atoms with Gasteiger partial charge in [-0.1, -0.05) is 24.3 Å². The predicted molar refractivity (Wildman–Crippen MR) is 80.4 cm³/mol. The van der Waals surface area contributed by atoms with Crippen LogP contribution in [0.3, 0.4) is 0 Å². The van der Waals surface area contributed by atoms with E-state index in [1.165, 1.54) is 17.3 Å². The van der Waals surface area contributed by atoms with Crippen LogP contribution in [-0.2, 0) is 6.42 Å². The van der Waals surface area contributed by atoms with Crippen LogP contribution in [0.5, 0.6) is 0 Å². The van der Waals surface area contributed by atoms with Gasteiger partial charge in [-0.3, -0.25) is 0 Å². The van der Waals surface area contributed by atoms with Crippen molar-refractivity contribution >= 4 is 5.69 Å². The molecule has 104 valence electrons. The molecule has 0 saturated heterocycles. The fourth-order valence-corrected chi connectivity index (χ4v) is 3.08. The monoisotopic (exact) mass is 270 g/mol. The van der Waals surface area contributed by atoms with E-state index in [1.54, 1.807) is 6.07 Å². The molecule has 1 heterocycles. The number of para-hydroxylation sites is 1. The smallest absolute Gasteiger partial charge is 0.123 e. The summed E-state index contributed by atoms with van der Waals surface area (Å²) in [6.45, 7) is 3.44. The first kappa shape index (κ1) is 13.1. The van der Waals surface area contributed by atoms with Crippen molar-refractivity contribution in [1.82, 2.24) is 0 Å². The Hall–Kier alpha value is -1.87. The molecule has 2 aromatic rings. The number of benzene rings is 2. The Morgan fingerprint density at radius 2 is 2.05 bits per heavy atom. The van der Waals surface area contributed by atoms with Gasteiger partial charge < -0.3 is 10.6 Å². The summed E-state index contributed by atoms with van der Waals surface area (Å²) in [5, 5.41) is 0. The van der Waals surface area contributed by atoms with E-state index in [0.29, 0.717) is 6.54 Å². The number of hydrogen-bond donors (Lipinski definition) is 1. The van der Waals surface area contributed by atoms with Gasteiger partial charge in [0.15, 0.2) is 0 Å². The van der Waals surface area contributed by atoms with Crippen LogP contribution in [-0.4, -0.2) is 13.1 Å². The summed E-state index contributed by atoms with van der Waals surface area (Å²) in [4.78, 5) is 2.30. The molecule has 0 spiro atoms. The highest BCUT2D eigenvalue weighted by atomic mass is 19.1. The van der Waals surface area contributed by atoms with E-state index >= 15 is 0 Å². The molecule has 0 saturated carbocycles. The number of anilines is 1. The zero-order chi connectivity index (χ0) is 14.1. The topological polar surface area (TPSA) is 29.3 Å². The largest absolute Gasteiger partial charge is 0.363 e. The highest BCUT2D eigenvalue weighted by molar-refractivity contribution is 5.60. The lowest BCUT2D eigenvalue weighted by atomic mass is 9.99. The minimum Gasteiger partial charge on any atom is -0.363 e. The summed E-state index contributed by atoms with van der Waals surface area (Å²) in [6.07, 6.45) is 1.03. The summed E-state index contributed by atoms with van der Waals surface area (Å²) >= 11 is 0. The quantitative estimate of drug-likeness (QED) is 0.928. The molecule has 1 aliphatic heterocycles. The second-order valence-corrected chi connectivity index (χ2v) is 5.32. The summed E-state index contributed by atoms with van der Waals surface area (Å²) in [5.74, 6) is -0.198. The third-order valence-electron chi connectivity index (χ3n) is 4.12. The van der Waals surface area contributed by atoms with Crippen molar-refractivity contribution in [3.8, 4) is 0 Å². The number of hydrogen-bond acceptors (Lipinski definition) is 2. The molecular weight excluding hydrogens is 251 g/mol. The van der Waals surface area contributed by atoms with Gasteiger partial charge in [-0.2, -0.15) is 0 Å². The third kappa shape index (κ3) is 2.18. The van der Waals surface area contributed by atoms with Crippen LogP contribution in [0.1, 0.15) is 22.7 Å². The van der Waals surface area contributed by atoms with Crippen LogP contribution in [0.2, 0.25) is 0 Å². The zero-order valence-corrected chi connectivity index (χ0v) is 11.6. The van der Waals surface area contributed by atoms with Crippen molar-refractivity contribution in [1.29, 1.82) is 0 Å². The number of rotatable bonds is 3. The lowest BCUT2D eigenvalue weighted by molar-refractivity contribution is 0.607. The van der Waals surface area contributed by atoms with E-state index in [9.17, 15) is 4.39 Å². The zero-order valence-electron chi connectivity index (χ0n) is 11.6. The molecule has 20 heavy (non-hydrogen) atoms. The fourth-order valence-electron chi connectivity index (χ4n) is 3.08. The van der Waals surface area contributed by atoms with Gasteiger partial charge in [0.1, 0.15) is 5.82 Å². The molecule has 0 aliphatic carbocycles. The highest BCUT2D eigenvalue weighted by Crippen LogP contribution is 2.35. The summed E-state index contributed by atoms with van der Waals surface area (Å²) < 4.78 is 13.6. The molecule has 2 nitrogen and oxygen atoms in total. The summed E-state index contributed by atoms with van der Waals surface area (Å²) in [5.41, 5.74) is 10.7. The Morgan fingerprint density at radius 3 is 2.85 bits per heavy atom. The van der Waals surface area contributed by atoms with Crippen LogP contribution >= 0.6 is 0 Å². The summed E-state index contributed by atoms with van der Waals surface area (Å²) in [7, 11) is 0. The predicted octanol–water partition coefficient (Wildman–Crippen LogP) is 3.20. The summed E-state index contributed by atoms with van der Waals surface area (Å²) in [6, 6.07) is 13.4. The second kappa shape index (κ2) is 5.25. The Balaban J connectivity index is 2.01. The standard InChI is InChI=1S/C17H19FN2/c1-12-6-7-14(18)10-15(12)17(11-19)20-9-8-13-4-2-3-5-16(13)20/h2-7,10,17H,8-9,11,19H2,1H3. The maximum Gasteiger partial charge on any atom is 0.123 e. The van der Waals surface area contributed by atoms with E-state index in [-0.39, 0.29) is 11.9 Å². The molecule has 3 heteroatoms. The maximum absolute atomic E-state index is 13.6. The van der Waals surface area contributed by atoms with Crippen LogP contribution in [0.4, 0.5) is 10.1 Å². The van der Waals surface area contributed by atoms with Gasteiger partial charge >= 0.3 is 0 Å². The van der Waals surface area contributed by atoms with E-state index in [4.69, 9.17) is 5.73 Å². The molecule has 0 fully saturated rings. The Kier molecular flexibility index (Phi) is 3.45. The molecule has 0 bridgehead atoms. The van der Waals surface area contributed by atoms with Gasteiger partial charge in [0.05, 0.1) is 6.04 Å². The van der Waals surface area contributed by atoms with Gasteiger partial charge in [0, 0.05) is 18.8 Å². The first-order valence-corrected chi connectivity index (χ1v) is 7.01. The van der Waals surface area contributed by atoms with Crippen molar-refractivity contribution in [2.24, 2.45) is 5.73 Å². The maximum atomic E-state index is 13.6. The van der Waals surface area contributed by atoms with Gasteiger partial charge in [0.25, 0.3) is 0 Å². The lowest BCUT2D eigenvalue weighted by Gasteiger charge is -2.31. The van der Waals surface area contributed by atoms with E-state index in [0.717, 1.165) is 24.1 Å². The van der Waals surface area contributed by atoms with E-state index in [1.807, 2.05) is 19.1 Å². The van der Waals surface area contributed by atoms with Crippen molar-refractivity contribution in [3.63, 3.8) is 0 Å². The van der Waals surface area contributed by atoms with Gasteiger partial charge in [0.2, 0.25) is 0 Å². The fraction of sp³-hybridized carbons (Fsp3) is 0.294. The first-order valence-electron chi connectivity index (χ1n) is 7.01. The van der Waals surface area contributed by atoms with Crippen molar-refractivity contribution in [2.45, 2.75) is 19.4 Å². The number of halogens is 1. The molecule has 0 aromatic heterocycles.